The number of anilines is 1. The second-order valence-corrected chi connectivity index (χ2v) is 5.31. The molecule has 2 N–H and O–H groups in total. The van der Waals surface area contributed by atoms with Crippen LogP contribution in [0.4, 0.5) is 5.82 Å². The van der Waals surface area contributed by atoms with Crippen molar-refractivity contribution in [2.24, 2.45) is 0 Å². The van der Waals surface area contributed by atoms with Crippen molar-refractivity contribution in [1.29, 1.82) is 0 Å². The molecule has 24 heavy (non-hydrogen) atoms. The summed E-state index contributed by atoms with van der Waals surface area (Å²) in [6, 6.07) is 0. The van der Waals surface area contributed by atoms with Gasteiger partial charge in [0, 0.05) is 23.8 Å². The third-order valence-electron chi connectivity index (χ3n) is 3.67. The number of hydrogen-bond acceptors (Lipinski definition) is 8. The van der Waals surface area contributed by atoms with E-state index < -0.39 is 5.97 Å². The molecule has 2 heterocycles. The number of carbonyl (C=O) groups is 1. The van der Waals surface area contributed by atoms with E-state index in [1.807, 2.05) is 0 Å². The van der Waals surface area contributed by atoms with Crippen molar-refractivity contribution in [3.63, 3.8) is 0 Å². The molecule has 3 rings (SSSR count). The Bertz CT molecular complexity index is 802. The zero-order chi connectivity index (χ0) is 17.1. The minimum atomic E-state index is -0.479. The average Bonchev–Trinajstić information content (AvgIpc) is 3.44. The number of carbonyl (C=O) groups excluding carboxylic acids is 1. The first-order chi connectivity index (χ1) is 11.6. The number of methoxy groups -OCH3 is 2. The fraction of sp³-hybridized carbons (Fsp3) is 0.312. The Morgan fingerprint density at radius 2 is 2.08 bits per heavy atom. The Morgan fingerprint density at radius 1 is 1.29 bits per heavy atom. The summed E-state index contributed by atoms with van der Waals surface area (Å²) in [7, 11) is 2.84. The summed E-state index contributed by atoms with van der Waals surface area (Å²) in [4.78, 5) is 28.3. The topological polar surface area (TPSA) is 113 Å². The maximum atomic E-state index is 11.2. The van der Waals surface area contributed by atoms with Gasteiger partial charge >= 0.3 is 5.97 Å². The monoisotopic (exact) mass is 327 g/mol. The molecule has 0 atom stereocenters. The van der Waals surface area contributed by atoms with E-state index in [0.29, 0.717) is 28.7 Å². The second kappa shape index (κ2) is 6.61. The van der Waals surface area contributed by atoms with Crippen LogP contribution in [0.5, 0.6) is 5.88 Å². The molecule has 8 nitrogen and oxygen atoms in total. The lowest BCUT2D eigenvalue weighted by molar-refractivity contribution is -0.134. The summed E-state index contributed by atoms with van der Waals surface area (Å²) < 4.78 is 9.88. The zero-order valence-electron chi connectivity index (χ0n) is 13.4. The minimum Gasteiger partial charge on any atom is -0.480 e. The summed E-state index contributed by atoms with van der Waals surface area (Å²) in [5, 5.41) is 0. The molecule has 8 heteroatoms. The highest BCUT2D eigenvalue weighted by atomic mass is 16.5. The van der Waals surface area contributed by atoms with Crippen LogP contribution < -0.4 is 10.5 Å². The molecule has 1 fully saturated rings. The molecule has 0 saturated heterocycles. The van der Waals surface area contributed by atoms with Crippen molar-refractivity contribution < 1.29 is 14.3 Å². The number of esters is 1. The quantitative estimate of drug-likeness (QED) is 0.650. The van der Waals surface area contributed by atoms with Crippen molar-refractivity contribution in [3.05, 3.63) is 29.9 Å². The van der Waals surface area contributed by atoms with Crippen molar-refractivity contribution >= 4 is 17.9 Å². The van der Waals surface area contributed by atoms with E-state index in [1.54, 1.807) is 13.3 Å². The molecule has 0 unspecified atom stereocenters. The van der Waals surface area contributed by atoms with E-state index in [-0.39, 0.29) is 5.82 Å². The lowest BCUT2D eigenvalue weighted by Gasteiger charge is -2.11. The number of hydrogen-bond donors (Lipinski definition) is 1. The van der Waals surface area contributed by atoms with Gasteiger partial charge in [-0.25, -0.2) is 24.7 Å². The number of nitrogens with two attached hydrogens (primary N) is 1. The molecule has 1 saturated carbocycles. The van der Waals surface area contributed by atoms with Crippen LogP contribution in [0.2, 0.25) is 0 Å². The first-order valence-corrected chi connectivity index (χ1v) is 7.41. The van der Waals surface area contributed by atoms with Gasteiger partial charge in [0.05, 0.1) is 19.9 Å². The smallest absolute Gasteiger partial charge is 0.330 e. The van der Waals surface area contributed by atoms with Gasteiger partial charge in [0.2, 0.25) is 5.88 Å². The summed E-state index contributed by atoms with van der Waals surface area (Å²) in [5.74, 6) is 0.965. The molecule has 2 aromatic heterocycles. The van der Waals surface area contributed by atoms with Gasteiger partial charge in [-0.2, -0.15) is 0 Å². The van der Waals surface area contributed by atoms with Crippen molar-refractivity contribution in [1.82, 2.24) is 19.9 Å². The van der Waals surface area contributed by atoms with Gasteiger partial charge < -0.3 is 15.2 Å². The fourth-order valence-electron chi connectivity index (χ4n) is 2.29. The Hall–Kier alpha value is -3.03. The maximum absolute atomic E-state index is 11.2. The number of rotatable bonds is 5. The third-order valence-corrected chi connectivity index (χ3v) is 3.67. The highest BCUT2D eigenvalue weighted by Crippen LogP contribution is 2.44. The van der Waals surface area contributed by atoms with E-state index in [4.69, 9.17) is 10.5 Å². The molecule has 0 aromatic carbocycles. The first kappa shape index (κ1) is 15.9. The SMILES string of the molecule is COC(=O)/C=C/c1cnc(-c2c(OC)ncnc2C2CC2)nc1N. The van der Waals surface area contributed by atoms with Gasteiger partial charge in [-0.3, -0.25) is 0 Å². The molecular weight excluding hydrogens is 310 g/mol. The van der Waals surface area contributed by atoms with Crippen LogP contribution in [0.25, 0.3) is 17.5 Å². The number of nitrogens with zero attached hydrogens (tertiary/aromatic N) is 4. The largest absolute Gasteiger partial charge is 0.480 e. The standard InChI is InChI=1S/C16H17N5O3/c1-23-11(22)6-5-10-7-18-15(21-14(10)17)12-13(9-3-4-9)19-8-20-16(12)24-2/h5-9H,3-4H2,1-2H3,(H2,17,18,21)/b6-5+. The molecular formula is C16H17N5O3. The summed E-state index contributed by atoms with van der Waals surface area (Å²) in [5.41, 5.74) is 8.04. The van der Waals surface area contributed by atoms with Crippen molar-refractivity contribution in [3.8, 4) is 17.3 Å². The Labute approximate surface area is 138 Å². The predicted octanol–water partition coefficient (Wildman–Crippen LogP) is 1.59. The summed E-state index contributed by atoms with van der Waals surface area (Å²) in [6.45, 7) is 0. The minimum absolute atomic E-state index is 0.243. The van der Waals surface area contributed by atoms with E-state index in [0.717, 1.165) is 18.5 Å². The van der Waals surface area contributed by atoms with E-state index in [2.05, 4.69) is 24.7 Å². The van der Waals surface area contributed by atoms with Crippen LogP contribution in [0, 0.1) is 0 Å². The van der Waals surface area contributed by atoms with Crippen LogP contribution in [0.15, 0.2) is 18.6 Å². The van der Waals surface area contributed by atoms with Gasteiger partial charge in [-0.05, 0) is 18.9 Å². The van der Waals surface area contributed by atoms with Crippen LogP contribution in [-0.4, -0.2) is 40.1 Å². The molecule has 1 aliphatic carbocycles. The van der Waals surface area contributed by atoms with Crippen LogP contribution >= 0.6 is 0 Å². The lowest BCUT2D eigenvalue weighted by Crippen LogP contribution is -2.04. The molecule has 0 amide bonds. The molecule has 2 aromatic rings. The highest BCUT2D eigenvalue weighted by molar-refractivity contribution is 5.87. The molecule has 1 aliphatic rings. The number of aromatic nitrogens is 4. The number of ether oxygens (including phenoxy) is 2. The summed E-state index contributed by atoms with van der Waals surface area (Å²) >= 11 is 0. The second-order valence-electron chi connectivity index (χ2n) is 5.31. The van der Waals surface area contributed by atoms with E-state index in [1.165, 1.54) is 25.6 Å². The normalized spacial score (nSPS) is 13.9. The first-order valence-electron chi connectivity index (χ1n) is 7.41. The fourth-order valence-corrected chi connectivity index (χ4v) is 2.29. The van der Waals surface area contributed by atoms with Gasteiger partial charge in [-0.1, -0.05) is 0 Å². The Kier molecular flexibility index (Phi) is 4.37. The van der Waals surface area contributed by atoms with Crippen molar-refractivity contribution in [2.45, 2.75) is 18.8 Å². The molecule has 0 aliphatic heterocycles. The lowest BCUT2D eigenvalue weighted by atomic mass is 10.1. The highest BCUT2D eigenvalue weighted by Gasteiger charge is 2.31. The molecule has 0 bridgehead atoms. The van der Waals surface area contributed by atoms with Gasteiger partial charge in [-0.15, -0.1) is 0 Å². The average molecular weight is 327 g/mol. The molecule has 0 spiro atoms. The van der Waals surface area contributed by atoms with Gasteiger partial charge in [0.15, 0.2) is 5.82 Å². The van der Waals surface area contributed by atoms with E-state index in [9.17, 15) is 4.79 Å². The van der Waals surface area contributed by atoms with Crippen LogP contribution in [-0.2, 0) is 9.53 Å². The molecule has 0 radical (unpaired) electrons. The Balaban J connectivity index is 2.01. The number of nitrogen functional groups attached to an aromatic ring is 1. The molecule has 124 valence electrons. The predicted molar refractivity (Wildman–Crippen MR) is 87.0 cm³/mol. The van der Waals surface area contributed by atoms with Gasteiger partial charge in [0.25, 0.3) is 0 Å². The maximum Gasteiger partial charge on any atom is 0.330 e. The Morgan fingerprint density at radius 3 is 2.71 bits per heavy atom. The van der Waals surface area contributed by atoms with Crippen molar-refractivity contribution in [2.75, 3.05) is 20.0 Å². The zero-order valence-corrected chi connectivity index (χ0v) is 13.4. The van der Waals surface area contributed by atoms with Gasteiger partial charge in [0.1, 0.15) is 17.7 Å². The third kappa shape index (κ3) is 3.17. The summed E-state index contributed by atoms with van der Waals surface area (Å²) in [6.07, 6.45) is 7.93. The van der Waals surface area contributed by atoms with Crippen LogP contribution in [0.3, 0.4) is 0 Å². The van der Waals surface area contributed by atoms with Crippen LogP contribution in [0.1, 0.15) is 30.0 Å². The van der Waals surface area contributed by atoms with E-state index >= 15 is 0 Å².